The van der Waals surface area contributed by atoms with Gasteiger partial charge in [-0.1, -0.05) is 11.8 Å². The molecule has 0 saturated heterocycles. The molecule has 0 fully saturated rings. The fraction of sp³-hybridized carbons (Fsp3) is 0.714. The Morgan fingerprint density at radius 2 is 2.27 bits per heavy atom. The number of carbonyl (C=O) groups is 1. The summed E-state index contributed by atoms with van der Waals surface area (Å²) in [5.74, 6) is 0.122. The lowest BCUT2D eigenvalue weighted by molar-refractivity contribution is -0.116. The SMILES string of the molecule is CCOC(=S)SC(C)C(C)=O. The Bertz CT molecular complexity index is 157. The van der Waals surface area contributed by atoms with Gasteiger partial charge in [-0.05, 0) is 33.0 Å². The molecule has 0 aromatic carbocycles. The predicted octanol–water partition coefficient (Wildman–Crippen LogP) is 2.02. The molecule has 64 valence electrons. The van der Waals surface area contributed by atoms with Crippen LogP contribution in [0.3, 0.4) is 0 Å². The molecular weight excluding hydrogens is 180 g/mol. The van der Waals surface area contributed by atoms with Crippen molar-refractivity contribution in [1.82, 2.24) is 0 Å². The third-order valence-corrected chi connectivity index (χ3v) is 2.51. The molecule has 0 N–H and O–H groups in total. The second kappa shape index (κ2) is 5.55. The molecule has 0 aliphatic rings. The first-order chi connectivity index (χ1) is 5.07. The average molecular weight is 192 g/mol. The smallest absolute Gasteiger partial charge is 0.220 e. The normalized spacial score (nSPS) is 12.3. The van der Waals surface area contributed by atoms with Crippen LogP contribution in [-0.4, -0.2) is 22.0 Å². The van der Waals surface area contributed by atoms with Gasteiger partial charge in [-0.15, -0.1) is 0 Å². The fourth-order valence-corrected chi connectivity index (χ4v) is 1.57. The van der Waals surface area contributed by atoms with E-state index in [1.54, 1.807) is 6.92 Å². The van der Waals surface area contributed by atoms with Crippen LogP contribution in [0.2, 0.25) is 0 Å². The van der Waals surface area contributed by atoms with E-state index < -0.39 is 0 Å². The summed E-state index contributed by atoms with van der Waals surface area (Å²) in [6.07, 6.45) is 0. The first-order valence-electron chi connectivity index (χ1n) is 3.41. The molecule has 11 heavy (non-hydrogen) atoms. The van der Waals surface area contributed by atoms with E-state index in [0.29, 0.717) is 11.0 Å². The van der Waals surface area contributed by atoms with Crippen molar-refractivity contribution < 1.29 is 9.53 Å². The van der Waals surface area contributed by atoms with Gasteiger partial charge < -0.3 is 4.74 Å². The van der Waals surface area contributed by atoms with Crippen molar-refractivity contribution in [2.75, 3.05) is 6.61 Å². The summed E-state index contributed by atoms with van der Waals surface area (Å²) in [5.41, 5.74) is 0. The molecule has 4 heteroatoms. The van der Waals surface area contributed by atoms with Crippen LogP contribution in [-0.2, 0) is 9.53 Å². The monoisotopic (exact) mass is 192 g/mol. The second-order valence-electron chi connectivity index (χ2n) is 2.05. The van der Waals surface area contributed by atoms with Crippen LogP contribution in [0, 0.1) is 0 Å². The van der Waals surface area contributed by atoms with Crippen LogP contribution < -0.4 is 0 Å². The Morgan fingerprint density at radius 3 is 2.64 bits per heavy atom. The molecule has 0 amide bonds. The zero-order valence-electron chi connectivity index (χ0n) is 6.92. The van der Waals surface area contributed by atoms with Crippen LogP contribution in [0.5, 0.6) is 0 Å². The highest BCUT2D eigenvalue weighted by molar-refractivity contribution is 8.23. The van der Waals surface area contributed by atoms with Crippen molar-refractivity contribution in [3.8, 4) is 0 Å². The predicted molar refractivity (Wildman–Crippen MR) is 52.0 cm³/mol. The van der Waals surface area contributed by atoms with Crippen molar-refractivity contribution >= 4 is 34.1 Å². The molecule has 0 aromatic heterocycles. The maximum atomic E-state index is 10.7. The van der Waals surface area contributed by atoms with Gasteiger partial charge in [0.1, 0.15) is 5.78 Å². The van der Waals surface area contributed by atoms with E-state index in [9.17, 15) is 4.79 Å². The number of ketones is 1. The minimum Gasteiger partial charge on any atom is -0.479 e. The van der Waals surface area contributed by atoms with Crippen LogP contribution in [0.4, 0.5) is 0 Å². The molecule has 0 aliphatic heterocycles. The Morgan fingerprint density at radius 1 is 1.73 bits per heavy atom. The Kier molecular flexibility index (Phi) is 5.50. The number of hydrogen-bond acceptors (Lipinski definition) is 4. The van der Waals surface area contributed by atoms with E-state index in [2.05, 4.69) is 0 Å². The largest absolute Gasteiger partial charge is 0.479 e. The number of hydrogen-bond donors (Lipinski definition) is 0. The molecule has 0 bridgehead atoms. The number of ether oxygens (including phenoxy) is 1. The van der Waals surface area contributed by atoms with Crippen LogP contribution in [0.1, 0.15) is 20.8 Å². The third-order valence-electron chi connectivity index (χ3n) is 1.11. The van der Waals surface area contributed by atoms with Gasteiger partial charge in [0.05, 0.1) is 11.9 Å². The summed E-state index contributed by atoms with van der Waals surface area (Å²) in [5, 5.41) is -0.0888. The molecular formula is C7H12O2S2. The molecule has 1 unspecified atom stereocenters. The van der Waals surface area contributed by atoms with Gasteiger partial charge in [0.2, 0.25) is 4.38 Å². The molecule has 0 aromatic rings. The third kappa shape index (κ3) is 5.21. The van der Waals surface area contributed by atoms with Crippen LogP contribution in [0.15, 0.2) is 0 Å². The highest BCUT2D eigenvalue weighted by Crippen LogP contribution is 2.14. The lowest BCUT2D eigenvalue weighted by Crippen LogP contribution is -2.12. The molecule has 0 spiro atoms. The lowest BCUT2D eigenvalue weighted by Gasteiger charge is -2.07. The number of thioether (sulfide) groups is 1. The van der Waals surface area contributed by atoms with E-state index in [1.165, 1.54) is 11.8 Å². The van der Waals surface area contributed by atoms with Crippen molar-refractivity contribution in [1.29, 1.82) is 0 Å². The fourth-order valence-electron chi connectivity index (χ4n) is 0.379. The van der Waals surface area contributed by atoms with Crippen molar-refractivity contribution in [2.24, 2.45) is 0 Å². The number of carbonyl (C=O) groups excluding carboxylic acids is 1. The van der Waals surface area contributed by atoms with Crippen molar-refractivity contribution in [3.63, 3.8) is 0 Å². The van der Waals surface area contributed by atoms with Gasteiger partial charge in [-0.25, -0.2) is 0 Å². The number of thiocarbonyl (C=S) groups is 1. The maximum Gasteiger partial charge on any atom is 0.220 e. The van der Waals surface area contributed by atoms with Gasteiger partial charge in [0, 0.05) is 0 Å². The Hall–Kier alpha value is -0.0900. The van der Waals surface area contributed by atoms with Crippen molar-refractivity contribution in [3.05, 3.63) is 0 Å². The molecule has 0 saturated carbocycles. The van der Waals surface area contributed by atoms with Gasteiger partial charge in [-0.3, -0.25) is 4.79 Å². The first-order valence-corrected chi connectivity index (χ1v) is 4.70. The summed E-state index contributed by atoms with van der Waals surface area (Å²) in [4.78, 5) is 10.7. The standard InChI is InChI=1S/C7H12O2S2/c1-4-9-7(10)11-6(3)5(2)8/h6H,4H2,1-3H3. The zero-order chi connectivity index (χ0) is 8.85. The highest BCUT2D eigenvalue weighted by Gasteiger charge is 2.11. The lowest BCUT2D eigenvalue weighted by atomic mass is 10.3. The highest BCUT2D eigenvalue weighted by atomic mass is 32.2. The minimum atomic E-state index is -0.0888. The van der Waals surface area contributed by atoms with Gasteiger partial charge in [0.25, 0.3) is 0 Å². The number of Topliss-reactive ketones (excluding diaryl/α,β-unsaturated/α-hetero) is 1. The topological polar surface area (TPSA) is 26.3 Å². The molecule has 2 nitrogen and oxygen atoms in total. The summed E-state index contributed by atoms with van der Waals surface area (Å²) >= 11 is 6.13. The van der Waals surface area contributed by atoms with E-state index in [1.807, 2.05) is 13.8 Å². The summed E-state index contributed by atoms with van der Waals surface area (Å²) in [7, 11) is 0. The average Bonchev–Trinajstić information content (AvgIpc) is 1.87. The van der Waals surface area contributed by atoms with E-state index in [0.717, 1.165) is 0 Å². The quantitative estimate of drug-likeness (QED) is 0.639. The molecule has 0 rings (SSSR count). The van der Waals surface area contributed by atoms with E-state index >= 15 is 0 Å². The van der Waals surface area contributed by atoms with E-state index in [-0.39, 0.29) is 11.0 Å². The van der Waals surface area contributed by atoms with Gasteiger partial charge >= 0.3 is 0 Å². The number of rotatable bonds is 3. The Balaban J connectivity index is 3.66. The zero-order valence-corrected chi connectivity index (χ0v) is 8.55. The van der Waals surface area contributed by atoms with Crippen molar-refractivity contribution in [2.45, 2.75) is 26.0 Å². The second-order valence-corrected chi connectivity index (χ2v) is 4.00. The summed E-state index contributed by atoms with van der Waals surface area (Å²) < 4.78 is 5.46. The van der Waals surface area contributed by atoms with E-state index in [4.69, 9.17) is 17.0 Å². The van der Waals surface area contributed by atoms with Gasteiger partial charge in [-0.2, -0.15) is 0 Å². The minimum absolute atomic E-state index is 0.0888. The maximum absolute atomic E-state index is 10.7. The summed E-state index contributed by atoms with van der Waals surface area (Å²) in [6.45, 7) is 5.80. The molecule has 1 atom stereocenters. The first kappa shape index (κ1) is 10.9. The van der Waals surface area contributed by atoms with Crippen LogP contribution >= 0.6 is 24.0 Å². The van der Waals surface area contributed by atoms with Crippen LogP contribution in [0.25, 0.3) is 0 Å². The van der Waals surface area contributed by atoms with Gasteiger partial charge in [0.15, 0.2) is 0 Å². The Labute approximate surface area is 76.7 Å². The summed E-state index contributed by atoms with van der Waals surface area (Å²) in [6, 6.07) is 0. The molecule has 0 heterocycles. The molecule has 0 aliphatic carbocycles. The molecule has 0 radical (unpaired) electrons.